The molecule has 5 nitrogen and oxygen atoms in total. The largest absolute Gasteiger partial charge is 0.497 e. The molecular formula is C16H11F2NO4. The zero-order valence-corrected chi connectivity index (χ0v) is 12.0. The second-order valence-electron chi connectivity index (χ2n) is 4.70. The van der Waals surface area contributed by atoms with Gasteiger partial charge in [-0.25, -0.2) is 4.90 Å². The number of rotatable bonds is 4. The third-order valence-corrected chi connectivity index (χ3v) is 3.42. The van der Waals surface area contributed by atoms with E-state index >= 15 is 0 Å². The Morgan fingerprint density at radius 1 is 1.00 bits per heavy atom. The van der Waals surface area contributed by atoms with Gasteiger partial charge in [0.05, 0.1) is 23.9 Å². The summed E-state index contributed by atoms with van der Waals surface area (Å²) in [7, 11) is 1.38. The van der Waals surface area contributed by atoms with Crippen LogP contribution in [0.4, 0.5) is 14.5 Å². The number of alkyl halides is 2. The quantitative estimate of drug-likeness (QED) is 0.813. The first-order valence-electron chi connectivity index (χ1n) is 6.63. The number of carbonyl (C=O) groups is 2. The van der Waals surface area contributed by atoms with Gasteiger partial charge in [0.15, 0.2) is 5.75 Å². The molecule has 1 heterocycles. The monoisotopic (exact) mass is 319 g/mol. The second-order valence-corrected chi connectivity index (χ2v) is 4.70. The number of amides is 2. The zero-order valence-electron chi connectivity index (χ0n) is 12.0. The Morgan fingerprint density at radius 3 is 2.13 bits per heavy atom. The summed E-state index contributed by atoms with van der Waals surface area (Å²) < 4.78 is 34.6. The van der Waals surface area contributed by atoms with Crippen molar-refractivity contribution < 1.29 is 27.8 Å². The van der Waals surface area contributed by atoms with Crippen LogP contribution < -0.4 is 14.4 Å². The van der Waals surface area contributed by atoms with E-state index in [1.165, 1.54) is 37.4 Å². The number of ether oxygens (including phenoxy) is 2. The molecule has 0 atom stereocenters. The van der Waals surface area contributed by atoms with Gasteiger partial charge in [-0.2, -0.15) is 8.78 Å². The fourth-order valence-electron chi connectivity index (χ4n) is 2.40. The lowest BCUT2D eigenvalue weighted by Crippen LogP contribution is -2.30. The van der Waals surface area contributed by atoms with E-state index in [-0.39, 0.29) is 22.6 Å². The lowest BCUT2D eigenvalue weighted by atomic mass is 10.1. The summed E-state index contributed by atoms with van der Waals surface area (Å²) in [6.07, 6.45) is 0. The van der Waals surface area contributed by atoms with Gasteiger partial charge in [-0.05, 0) is 24.3 Å². The van der Waals surface area contributed by atoms with E-state index in [0.717, 1.165) is 4.90 Å². The molecule has 2 aromatic rings. The summed E-state index contributed by atoms with van der Waals surface area (Å²) in [6.45, 7) is -3.09. The van der Waals surface area contributed by atoms with Gasteiger partial charge in [-0.3, -0.25) is 9.59 Å². The minimum Gasteiger partial charge on any atom is -0.497 e. The average molecular weight is 319 g/mol. The van der Waals surface area contributed by atoms with Crippen molar-refractivity contribution in [2.24, 2.45) is 0 Å². The van der Waals surface area contributed by atoms with Crippen LogP contribution in [0.2, 0.25) is 0 Å². The van der Waals surface area contributed by atoms with Crippen molar-refractivity contribution in [2.45, 2.75) is 6.61 Å². The molecule has 2 amide bonds. The molecule has 0 unspecified atom stereocenters. The van der Waals surface area contributed by atoms with Crippen molar-refractivity contribution in [3.8, 4) is 11.5 Å². The molecule has 0 radical (unpaired) electrons. The van der Waals surface area contributed by atoms with Gasteiger partial charge in [0.2, 0.25) is 0 Å². The summed E-state index contributed by atoms with van der Waals surface area (Å²) >= 11 is 0. The Hall–Kier alpha value is -2.96. The van der Waals surface area contributed by atoms with E-state index in [4.69, 9.17) is 4.74 Å². The fourth-order valence-corrected chi connectivity index (χ4v) is 2.40. The lowest BCUT2D eigenvalue weighted by molar-refractivity contribution is -0.0495. The number of benzene rings is 2. The van der Waals surface area contributed by atoms with Gasteiger partial charge in [-0.15, -0.1) is 0 Å². The van der Waals surface area contributed by atoms with Crippen LogP contribution in [-0.2, 0) is 0 Å². The number of hydrogen-bond donors (Lipinski definition) is 0. The number of nitrogens with zero attached hydrogens (tertiary/aromatic N) is 1. The maximum atomic E-state index is 12.6. The molecule has 0 N–H and O–H groups in total. The highest BCUT2D eigenvalue weighted by Gasteiger charge is 2.38. The number of anilines is 1. The summed E-state index contributed by atoms with van der Waals surface area (Å²) in [6, 6.07) is 10.2. The molecule has 0 bridgehead atoms. The molecule has 1 aliphatic heterocycles. The van der Waals surface area contributed by atoms with Crippen LogP contribution in [-0.4, -0.2) is 25.5 Å². The molecule has 0 aromatic heterocycles. The molecule has 0 saturated heterocycles. The molecule has 0 saturated carbocycles. The van der Waals surface area contributed by atoms with Gasteiger partial charge >= 0.3 is 6.61 Å². The van der Waals surface area contributed by atoms with Crippen LogP contribution in [0.25, 0.3) is 0 Å². The SMILES string of the molecule is COc1ccc(OC(F)F)c(N2C(=O)c3ccccc3C2=O)c1. The molecule has 3 rings (SSSR count). The van der Waals surface area contributed by atoms with Gasteiger partial charge in [0.25, 0.3) is 11.8 Å². The number of fused-ring (bicyclic) bond motifs is 1. The smallest absolute Gasteiger partial charge is 0.387 e. The first kappa shape index (κ1) is 15.0. The Bertz CT molecular complexity index is 756. The summed E-state index contributed by atoms with van der Waals surface area (Å²) in [4.78, 5) is 25.7. The van der Waals surface area contributed by atoms with Gasteiger partial charge < -0.3 is 9.47 Å². The van der Waals surface area contributed by atoms with Crippen molar-refractivity contribution >= 4 is 17.5 Å². The first-order chi connectivity index (χ1) is 11.0. The number of carbonyl (C=O) groups excluding carboxylic acids is 2. The Morgan fingerprint density at radius 2 is 1.61 bits per heavy atom. The van der Waals surface area contributed by atoms with E-state index in [0.29, 0.717) is 5.75 Å². The molecule has 1 aliphatic rings. The van der Waals surface area contributed by atoms with Gasteiger partial charge in [-0.1, -0.05) is 12.1 Å². The highest BCUT2D eigenvalue weighted by molar-refractivity contribution is 6.34. The minimum atomic E-state index is -3.09. The first-order valence-corrected chi connectivity index (χ1v) is 6.63. The van der Waals surface area contributed by atoms with Crippen molar-refractivity contribution in [3.63, 3.8) is 0 Å². The summed E-state index contributed by atoms with van der Waals surface area (Å²) in [5.41, 5.74) is 0.336. The van der Waals surface area contributed by atoms with Crippen LogP contribution in [0.15, 0.2) is 42.5 Å². The molecule has 7 heteroatoms. The molecule has 0 spiro atoms. The second kappa shape index (κ2) is 5.68. The predicted octanol–water partition coefficient (Wildman–Crippen LogP) is 3.10. The Kier molecular flexibility index (Phi) is 3.69. The fraction of sp³-hybridized carbons (Fsp3) is 0.125. The number of methoxy groups -OCH3 is 1. The van der Waals surface area contributed by atoms with Crippen LogP contribution >= 0.6 is 0 Å². The molecule has 118 valence electrons. The van der Waals surface area contributed by atoms with Crippen LogP contribution in [0.5, 0.6) is 11.5 Å². The van der Waals surface area contributed by atoms with Crippen LogP contribution in [0, 0.1) is 0 Å². The zero-order chi connectivity index (χ0) is 16.6. The Labute approximate surface area is 130 Å². The highest BCUT2D eigenvalue weighted by Crippen LogP contribution is 2.38. The third-order valence-electron chi connectivity index (χ3n) is 3.42. The number of imide groups is 1. The molecule has 0 aliphatic carbocycles. The van der Waals surface area contributed by atoms with E-state index in [9.17, 15) is 18.4 Å². The van der Waals surface area contributed by atoms with Crippen molar-refractivity contribution in [1.82, 2.24) is 0 Å². The lowest BCUT2D eigenvalue weighted by Gasteiger charge is -2.19. The normalized spacial score (nSPS) is 13.5. The van der Waals surface area contributed by atoms with Crippen molar-refractivity contribution in [3.05, 3.63) is 53.6 Å². The predicted molar refractivity (Wildman–Crippen MR) is 77.2 cm³/mol. The average Bonchev–Trinajstić information content (AvgIpc) is 2.79. The Balaban J connectivity index is 2.11. The minimum absolute atomic E-state index is 0.0872. The van der Waals surface area contributed by atoms with E-state index < -0.39 is 18.4 Å². The molecule has 0 fully saturated rings. The third kappa shape index (κ3) is 2.50. The topological polar surface area (TPSA) is 55.8 Å². The van der Waals surface area contributed by atoms with Crippen LogP contribution in [0.3, 0.4) is 0 Å². The molecule has 2 aromatic carbocycles. The summed E-state index contributed by atoms with van der Waals surface area (Å²) in [5, 5.41) is 0. The maximum absolute atomic E-state index is 12.6. The molecular weight excluding hydrogens is 308 g/mol. The van der Waals surface area contributed by atoms with Crippen molar-refractivity contribution in [2.75, 3.05) is 12.0 Å². The van der Waals surface area contributed by atoms with Crippen LogP contribution in [0.1, 0.15) is 20.7 Å². The van der Waals surface area contributed by atoms with E-state index in [2.05, 4.69) is 4.74 Å². The standard InChI is InChI=1S/C16H11F2NO4/c1-22-9-6-7-13(23-16(17)18)12(8-9)19-14(20)10-4-2-3-5-11(10)15(19)21/h2-8,16H,1H3. The number of halogens is 2. The maximum Gasteiger partial charge on any atom is 0.387 e. The number of hydrogen-bond acceptors (Lipinski definition) is 4. The molecule has 23 heavy (non-hydrogen) atoms. The van der Waals surface area contributed by atoms with E-state index in [1.807, 2.05) is 0 Å². The van der Waals surface area contributed by atoms with Gasteiger partial charge in [0, 0.05) is 6.07 Å². The van der Waals surface area contributed by atoms with Gasteiger partial charge in [0.1, 0.15) is 5.75 Å². The highest BCUT2D eigenvalue weighted by atomic mass is 19.3. The van der Waals surface area contributed by atoms with E-state index in [1.54, 1.807) is 12.1 Å². The van der Waals surface area contributed by atoms with Crippen molar-refractivity contribution in [1.29, 1.82) is 0 Å². The summed E-state index contributed by atoms with van der Waals surface area (Å²) in [5.74, 6) is -1.18.